The molecule has 18 heavy (non-hydrogen) atoms. The van der Waals surface area contributed by atoms with Crippen LogP contribution in [0.2, 0.25) is 0 Å². The monoisotopic (exact) mass is 277 g/mol. The Morgan fingerprint density at radius 1 is 1.33 bits per heavy atom. The molecule has 0 aromatic heterocycles. The molecule has 1 rings (SSSR count). The lowest BCUT2D eigenvalue weighted by atomic mass is 9.97. The quantitative estimate of drug-likeness (QED) is 0.787. The molecular formula is C12H23NO4S. The van der Waals surface area contributed by atoms with E-state index in [1.807, 2.05) is 0 Å². The molecule has 0 radical (unpaired) electrons. The van der Waals surface area contributed by atoms with Crippen LogP contribution in [0.3, 0.4) is 0 Å². The van der Waals surface area contributed by atoms with Gasteiger partial charge in [-0.2, -0.15) is 0 Å². The van der Waals surface area contributed by atoms with Gasteiger partial charge in [-0.3, -0.25) is 4.79 Å². The van der Waals surface area contributed by atoms with Gasteiger partial charge in [-0.05, 0) is 27.8 Å². The minimum Gasteiger partial charge on any atom is -0.379 e. The Morgan fingerprint density at radius 3 is 2.44 bits per heavy atom. The van der Waals surface area contributed by atoms with E-state index in [-0.39, 0.29) is 29.9 Å². The third-order valence-electron chi connectivity index (χ3n) is 3.42. The highest BCUT2D eigenvalue weighted by molar-refractivity contribution is 7.92. The first-order chi connectivity index (χ1) is 8.19. The number of rotatable bonds is 5. The Labute approximate surface area is 109 Å². The molecule has 0 spiro atoms. The molecule has 2 unspecified atom stereocenters. The SMILES string of the molecule is CNC1COCC1C(=O)CCS(=O)(=O)C(C)(C)C. The maximum atomic E-state index is 12.0. The molecule has 0 amide bonds. The summed E-state index contributed by atoms with van der Waals surface area (Å²) in [6, 6.07) is 0.00911. The molecule has 5 nitrogen and oxygen atoms in total. The van der Waals surface area contributed by atoms with Crippen LogP contribution in [0.5, 0.6) is 0 Å². The van der Waals surface area contributed by atoms with Crippen LogP contribution in [0, 0.1) is 5.92 Å². The number of likely N-dealkylation sites (N-methyl/N-ethyl adjacent to an activating group) is 1. The smallest absolute Gasteiger partial charge is 0.155 e. The lowest BCUT2D eigenvalue weighted by Crippen LogP contribution is -2.38. The Morgan fingerprint density at radius 2 is 1.94 bits per heavy atom. The van der Waals surface area contributed by atoms with E-state index in [1.54, 1.807) is 27.8 Å². The fourth-order valence-corrected chi connectivity index (χ4v) is 2.96. The van der Waals surface area contributed by atoms with Gasteiger partial charge in [0.25, 0.3) is 0 Å². The van der Waals surface area contributed by atoms with Crippen molar-refractivity contribution in [3.8, 4) is 0 Å². The lowest BCUT2D eigenvalue weighted by Gasteiger charge is -2.20. The average molecular weight is 277 g/mol. The van der Waals surface area contributed by atoms with Crippen LogP contribution >= 0.6 is 0 Å². The molecule has 1 aliphatic rings. The van der Waals surface area contributed by atoms with E-state index < -0.39 is 14.6 Å². The zero-order chi connectivity index (χ0) is 14.0. The molecule has 1 N–H and O–H groups in total. The fourth-order valence-electron chi connectivity index (χ4n) is 1.88. The van der Waals surface area contributed by atoms with Gasteiger partial charge in [0.1, 0.15) is 5.78 Å². The van der Waals surface area contributed by atoms with Crippen LogP contribution in [-0.2, 0) is 19.4 Å². The van der Waals surface area contributed by atoms with Gasteiger partial charge < -0.3 is 10.1 Å². The highest BCUT2D eigenvalue weighted by atomic mass is 32.2. The predicted octanol–water partition coefficient (Wildman–Crippen LogP) is 0.393. The summed E-state index contributed by atoms with van der Waals surface area (Å²) in [6.45, 7) is 5.87. The Balaban J connectivity index is 2.57. The molecule has 1 heterocycles. The van der Waals surface area contributed by atoms with Crippen molar-refractivity contribution in [2.75, 3.05) is 26.0 Å². The molecule has 1 saturated heterocycles. The summed E-state index contributed by atoms with van der Waals surface area (Å²) < 4.78 is 28.3. The van der Waals surface area contributed by atoms with Crippen molar-refractivity contribution in [1.29, 1.82) is 0 Å². The minimum absolute atomic E-state index is 0.00911. The number of Topliss-reactive ketones (excluding diaryl/α,β-unsaturated/α-hetero) is 1. The summed E-state index contributed by atoms with van der Waals surface area (Å²) in [5.41, 5.74) is 0. The Kier molecular flexibility index (Phi) is 4.91. The van der Waals surface area contributed by atoms with Crippen molar-refractivity contribution in [2.45, 2.75) is 38.0 Å². The molecule has 1 fully saturated rings. The predicted molar refractivity (Wildman–Crippen MR) is 70.3 cm³/mol. The maximum absolute atomic E-state index is 12.0. The van der Waals surface area contributed by atoms with Crippen molar-refractivity contribution in [1.82, 2.24) is 5.32 Å². The van der Waals surface area contributed by atoms with Gasteiger partial charge >= 0.3 is 0 Å². The number of ketones is 1. The van der Waals surface area contributed by atoms with Crippen LogP contribution < -0.4 is 5.32 Å². The molecule has 2 atom stereocenters. The summed E-state index contributed by atoms with van der Waals surface area (Å²) in [5, 5.41) is 3.03. The third kappa shape index (κ3) is 3.52. The molecule has 0 bridgehead atoms. The molecular weight excluding hydrogens is 254 g/mol. The van der Waals surface area contributed by atoms with Crippen molar-refractivity contribution < 1.29 is 17.9 Å². The summed E-state index contributed by atoms with van der Waals surface area (Å²) in [6.07, 6.45) is 0.0752. The van der Waals surface area contributed by atoms with E-state index in [2.05, 4.69) is 5.32 Å². The zero-order valence-electron chi connectivity index (χ0n) is 11.5. The molecule has 0 aromatic carbocycles. The molecule has 0 saturated carbocycles. The molecule has 106 valence electrons. The maximum Gasteiger partial charge on any atom is 0.155 e. The third-order valence-corrected chi connectivity index (χ3v) is 6.02. The summed E-state index contributed by atoms with van der Waals surface area (Å²) in [5.74, 6) is -0.327. The zero-order valence-corrected chi connectivity index (χ0v) is 12.3. The highest BCUT2D eigenvalue weighted by Gasteiger charge is 2.35. The number of sulfone groups is 1. The van der Waals surface area contributed by atoms with E-state index in [9.17, 15) is 13.2 Å². The standard InChI is InChI=1S/C12H23NO4S/c1-12(2,3)18(15,16)6-5-11(14)9-7-17-8-10(9)13-4/h9-10,13H,5-8H2,1-4H3. The summed E-state index contributed by atoms with van der Waals surface area (Å²) in [4.78, 5) is 12.0. The van der Waals surface area contributed by atoms with E-state index >= 15 is 0 Å². The molecule has 0 aromatic rings. The normalized spacial score (nSPS) is 25.3. The van der Waals surface area contributed by atoms with E-state index in [0.717, 1.165) is 0 Å². The van der Waals surface area contributed by atoms with Gasteiger partial charge in [-0.15, -0.1) is 0 Å². The average Bonchev–Trinajstić information content (AvgIpc) is 2.72. The summed E-state index contributed by atoms with van der Waals surface area (Å²) >= 11 is 0. The van der Waals surface area contributed by atoms with E-state index in [0.29, 0.717) is 13.2 Å². The Hall–Kier alpha value is -0.460. The number of carbonyl (C=O) groups is 1. The first-order valence-corrected chi connectivity index (χ1v) is 7.84. The van der Waals surface area contributed by atoms with Crippen molar-refractivity contribution in [3.63, 3.8) is 0 Å². The minimum atomic E-state index is -3.23. The number of carbonyl (C=O) groups excluding carboxylic acids is 1. The lowest BCUT2D eigenvalue weighted by molar-refractivity contribution is -0.122. The first kappa shape index (κ1) is 15.6. The van der Waals surface area contributed by atoms with E-state index in [1.165, 1.54) is 0 Å². The van der Waals surface area contributed by atoms with Gasteiger partial charge in [0.05, 0.1) is 29.6 Å². The molecule has 6 heteroatoms. The highest BCUT2D eigenvalue weighted by Crippen LogP contribution is 2.20. The van der Waals surface area contributed by atoms with Crippen molar-refractivity contribution in [3.05, 3.63) is 0 Å². The van der Waals surface area contributed by atoms with Gasteiger partial charge in [0.15, 0.2) is 9.84 Å². The van der Waals surface area contributed by atoms with Crippen LogP contribution in [0.25, 0.3) is 0 Å². The summed E-state index contributed by atoms with van der Waals surface area (Å²) in [7, 11) is -1.45. The molecule has 1 aliphatic heterocycles. The largest absolute Gasteiger partial charge is 0.379 e. The van der Waals surface area contributed by atoms with Crippen LogP contribution in [0.1, 0.15) is 27.2 Å². The van der Waals surface area contributed by atoms with Gasteiger partial charge in [-0.25, -0.2) is 8.42 Å². The van der Waals surface area contributed by atoms with E-state index in [4.69, 9.17) is 4.74 Å². The second kappa shape index (κ2) is 5.67. The first-order valence-electron chi connectivity index (χ1n) is 6.19. The fraction of sp³-hybridized carbons (Fsp3) is 0.917. The van der Waals surface area contributed by atoms with Gasteiger partial charge in [-0.1, -0.05) is 0 Å². The number of hydrogen-bond acceptors (Lipinski definition) is 5. The number of hydrogen-bond donors (Lipinski definition) is 1. The topological polar surface area (TPSA) is 72.5 Å². The van der Waals surface area contributed by atoms with Gasteiger partial charge in [0, 0.05) is 12.5 Å². The second-order valence-electron chi connectivity index (χ2n) is 5.69. The number of ether oxygens (including phenoxy) is 1. The van der Waals surface area contributed by atoms with Crippen molar-refractivity contribution in [2.24, 2.45) is 5.92 Å². The Bertz CT molecular complexity index is 397. The van der Waals surface area contributed by atoms with Crippen molar-refractivity contribution >= 4 is 15.6 Å². The van der Waals surface area contributed by atoms with Crippen LogP contribution in [-0.4, -0.2) is 51.0 Å². The van der Waals surface area contributed by atoms with Gasteiger partial charge in [0.2, 0.25) is 0 Å². The molecule has 0 aliphatic carbocycles. The second-order valence-corrected chi connectivity index (χ2v) is 8.55. The van der Waals surface area contributed by atoms with Crippen LogP contribution in [0.15, 0.2) is 0 Å². The number of nitrogens with one attached hydrogen (secondary N) is 1. The van der Waals surface area contributed by atoms with Crippen LogP contribution in [0.4, 0.5) is 0 Å².